The summed E-state index contributed by atoms with van der Waals surface area (Å²) in [6.45, 7) is 7.93. The summed E-state index contributed by atoms with van der Waals surface area (Å²) in [5.41, 5.74) is 4.39. The van der Waals surface area contributed by atoms with Gasteiger partial charge in [-0.25, -0.2) is 4.68 Å². The van der Waals surface area contributed by atoms with Gasteiger partial charge in [0.05, 0.1) is 11.4 Å². The van der Waals surface area contributed by atoms with Gasteiger partial charge in [0.1, 0.15) is 0 Å². The van der Waals surface area contributed by atoms with E-state index in [4.69, 9.17) is 4.84 Å². The van der Waals surface area contributed by atoms with Crippen LogP contribution in [0.15, 0.2) is 35.6 Å². The van der Waals surface area contributed by atoms with Gasteiger partial charge in [0, 0.05) is 12.3 Å². The summed E-state index contributed by atoms with van der Waals surface area (Å²) in [6.07, 6.45) is 1.86. The number of benzene rings is 1. The number of nitrogens with zero attached hydrogens (tertiary/aromatic N) is 3. The van der Waals surface area contributed by atoms with Gasteiger partial charge in [-0.1, -0.05) is 11.2 Å². The van der Waals surface area contributed by atoms with Gasteiger partial charge >= 0.3 is 0 Å². The second kappa shape index (κ2) is 5.04. The molecule has 4 heteroatoms. The Bertz CT molecular complexity index is 580. The number of aromatic nitrogens is 2. The smallest absolute Gasteiger partial charge is 0.267 e. The quantitative estimate of drug-likeness (QED) is 0.613. The topological polar surface area (TPSA) is 39.4 Å². The first-order valence-corrected chi connectivity index (χ1v) is 5.88. The largest absolute Gasteiger partial charge is 0.335 e. The molecule has 2 rings (SSSR count). The molecule has 1 heterocycles. The van der Waals surface area contributed by atoms with Crippen LogP contribution in [0, 0.1) is 13.8 Å². The first kappa shape index (κ1) is 12.4. The molecule has 0 aliphatic heterocycles. The van der Waals surface area contributed by atoms with Crippen LogP contribution < -0.4 is 4.84 Å². The monoisotopic (exact) mass is 243 g/mol. The fourth-order valence-corrected chi connectivity index (χ4v) is 1.51. The Kier molecular flexibility index (Phi) is 3.46. The highest BCUT2D eigenvalue weighted by atomic mass is 16.6. The predicted molar refractivity (Wildman–Crippen MR) is 72.4 cm³/mol. The lowest BCUT2D eigenvalue weighted by Gasteiger charge is -2.04. The number of rotatable bonds is 3. The van der Waals surface area contributed by atoms with E-state index >= 15 is 0 Å². The van der Waals surface area contributed by atoms with Crippen LogP contribution in [0.4, 0.5) is 0 Å². The minimum absolute atomic E-state index is 0.495. The van der Waals surface area contributed by atoms with E-state index in [1.165, 1.54) is 11.1 Å². The standard InChI is InChI=1S/C14H17N3O/c1-10(2)16-18-14-7-8-17(15-14)13-6-5-11(3)12(4)9-13/h5-9H,1-4H3. The molecule has 0 aliphatic rings. The van der Waals surface area contributed by atoms with Gasteiger partial charge in [0.15, 0.2) is 0 Å². The van der Waals surface area contributed by atoms with E-state index in [9.17, 15) is 0 Å². The molecule has 0 fully saturated rings. The summed E-state index contributed by atoms with van der Waals surface area (Å²) in [7, 11) is 0. The molecule has 94 valence electrons. The molecule has 0 aliphatic carbocycles. The van der Waals surface area contributed by atoms with Crippen molar-refractivity contribution in [2.24, 2.45) is 5.16 Å². The summed E-state index contributed by atoms with van der Waals surface area (Å²) in [5.74, 6) is 0.495. The zero-order valence-corrected chi connectivity index (χ0v) is 11.1. The molecule has 1 aromatic heterocycles. The van der Waals surface area contributed by atoms with Crippen molar-refractivity contribution in [1.82, 2.24) is 9.78 Å². The summed E-state index contributed by atoms with van der Waals surface area (Å²) in [4.78, 5) is 5.18. The zero-order valence-electron chi connectivity index (χ0n) is 11.1. The van der Waals surface area contributed by atoms with Crippen LogP contribution in [0.5, 0.6) is 5.88 Å². The van der Waals surface area contributed by atoms with E-state index < -0.39 is 0 Å². The van der Waals surface area contributed by atoms with Gasteiger partial charge in [-0.15, -0.1) is 5.10 Å². The number of aryl methyl sites for hydroxylation is 2. The van der Waals surface area contributed by atoms with Gasteiger partial charge in [-0.3, -0.25) is 0 Å². The Morgan fingerprint density at radius 2 is 1.94 bits per heavy atom. The zero-order chi connectivity index (χ0) is 13.1. The van der Waals surface area contributed by atoms with Crippen molar-refractivity contribution in [3.63, 3.8) is 0 Å². The van der Waals surface area contributed by atoms with Crippen molar-refractivity contribution in [2.45, 2.75) is 27.7 Å². The molecule has 0 unspecified atom stereocenters. The van der Waals surface area contributed by atoms with Crippen LogP contribution in [-0.2, 0) is 0 Å². The Balaban J connectivity index is 2.23. The van der Waals surface area contributed by atoms with Crippen molar-refractivity contribution < 1.29 is 4.84 Å². The molecular weight excluding hydrogens is 226 g/mol. The lowest BCUT2D eigenvalue weighted by molar-refractivity contribution is 0.324. The SMILES string of the molecule is CC(C)=NOc1ccn(-c2ccc(C)c(C)c2)n1. The fraction of sp³-hybridized carbons (Fsp3) is 0.286. The van der Waals surface area contributed by atoms with Gasteiger partial charge in [-0.05, 0) is 51.0 Å². The molecular formula is C14H17N3O. The number of oxime groups is 1. The first-order valence-electron chi connectivity index (χ1n) is 5.88. The van der Waals surface area contributed by atoms with E-state index in [1.807, 2.05) is 26.1 Å². The normalized spacial score (nSPS) is 10.2. The van der Waals surface area contributed by atoms with Gasteiger partial charge < -0.3 is 4.84 Å². The molecule has 0 saturated heterocycles. The van der Waals surface area contributed by atoms with Gasteiger partial charge in [0.25, 0.3) is 5.88 Å². The third kappa shape index (κ3) is 2.77. The van der Waals surface area contributed by atoms with E-state index in [2.05, 4.69) is 36.2 Å². The highest BCUT2D eigenvalue weighted by molar-refractivity contribution is 5.78. The van der Waals surface area contributed by atoms with Crippen LogP contribution in [0.25, 0.3) is 5.69 Å². The third-order valence-electron chi connectivity index (χ3n) is 2.64. The van der Waals surface area contributed by atoms with E-state index in [1.54, 1.807) is 10.7 Å². The first-order chi connectivity index (χ1) is 8.56. The maximum Gasteiger partial charge on any atom is 0.267 e. The van der Waals surface area contributed by atoms with Crippen LogP contribution in [0.1, 0.15) is 25.0 Å². The highest BCUT2D eigenvalue weighted by Gasteiger charge is 2.03. The van der Waals surface area contributed by atoms with Crippen LogP contribution in [0.2, 0.25) is 0 Å². The molecule has 0 N–H and O–H groups in total. The van der Waals surface area contributed by atoms with Crippen LogP contribution in [-0.4, -0.2) is 15.5 Å². The minimum atomic E-state index is 0.495. The summed E-state index contributed by atoms with van der Waals surface area (Å²) < 4.78 is 1.78. The Morgan fingerprint density at radius 1 is 1.17 bits per heavy atom. The molecule has 0 bridgehead atoms. The fourth-order valence-electron chi connectivity index (χ4n) is 1.51. The molecule has 2 aromatic rings. The van der Waals surface area contributed by atoms with Crippen LogP contribution in [0.3, 0.4) is 0 Å². The molecule has 0 saturated carbocycles. The average Bonchev–Trinajstić information content (AvgIpc) is 2.79. The van der Waals surface area contributed by atoms with Crippen molar-refractivity contribution in [2.75, 3.05) is 0 Å². The van der Waals surface area contributed by atoms with E-state index in [0.29, 0.717) is 5.88 Å². The number of hydrogen-bond donors (Lipinski definition) is 0. The Morgan fingerprint density at radius 3 is 2.61 bits per heavy atom. The summed E-state index contributed by atoms with van der Waals surface area (Å²) >= 11 is 0. The lowest BCUT2D eigenvalue weighted by atomic mass is 10.1. The third-order valence-corrected chi connectivity index (χ3v) is 2.64. The molecule has 0 atom stereocenters. The molecule has 0 amide bonds. The highest BCUT2D eigenvalue weighted by Crippen LogP contribution is 2.15. The maximum absolute atomic E-state index is 5.18. The van der Waals surface area contributed by atoms with E-state index in [-0.39, 0.29) is 0 Å². The average molecular weight is 243 g/mol. The molecule has 0 radical (unpaired) electrons. The number of hydrogen-bond acceptors (Lipinski definition) is 3. The molecule has 1 aromatic carbocycles. The second-order valence-electron chi connectivity index (χ2n) is 4.50. The summed E-state index contributed by atoms with van der Waals surface area (Å²) in [6, 6.07) is 8.01. The second-order valence-corrected chi connectivity index (χ2v) is 4.50. The predicted octanol–water partition coefficient (Wildman–Crippen LogP) is 3.26. The van der Waals surface area contributed by atoms with Crippen molar-refractivity contribution >= 4 is 5.71 Å². The van der Waals surface area contributed by atoms with Crippen molar-refractivity contribution in [3.8, 4) is 11.6 Å². The Labute approximate surface area is 107 Å². The molecule has 0 spiro atoms. The van der Waals surface area contributed by atoms with Crippen molar-refractivity contribution in [1.29, 1.82) is 0 Å². The van der Waals surface area contributed by atoms with E-state index in [0.717, 1.165) is 11.4 Å². The summed E-state index contributed by atoms with van der Waals surface area (Å²) in [5, 5.41) is 8.18. The maximum atomic E-state index is 5.18. The molecule has 4 nitrogen and oxygen atoms in total. The molecule has 18 heavy (non-hydrogen) atoms. The van der Waals surface area contributed by atoms with Gasteiger partial charge in [0.2, 0.25) is 0 Å². The lowest BCUT2D eigenvalue weighted by Crippen LogP contribution is -1.97. The van der Waals surface area contributed by atoms with Crippen molar-refractivity contribution in [3.05, 3.63) is 41.6 Å². The minimum Gasteiger partial charge on any atom is -0.335 e. The van der Waals surface area contributed by atoms with Gasteiger partial charge in [-0.2, -0.15) is 0 Å². The Hall–Kier alpha value is -2.10. The van der Waals surface area contributed by atoms with Crippen LogP contribution >= 0.6 is 0 Å².